The van der Waals surface area contributed by atoms with Crippen LogP contribution in [0.2, 0.25) is 5.02 Å². The van der Waals surface area contributed by atoms with Gasteiger partial charge in [-0.05, 0) is 107 Å². The Morgan fingerprint density at radius 1 is 0.938 bits per heavy atom. The van der Waals surface area contributed by atoms with Crippen molar-refractivity contribution < 1.29 is 28.7 Å². The molecule has 3 aliphatic rings. The Hall–Kier alpha value is -6.59. The number of hydrogen-bond donors (Lipinski definition) is 3. The van der Waals surface area contributed by atoms with Gasteiger partial charge in [-0.3, -0.25) is 38.8 Å². The Kier molecular flexibility index (Phi) is 12.8. The normalized spacial score (nSPS) is 16.8. The predicted molar refractivity (Wildman–Crippen MR) is 241 cm³/mol. The standard InChI is InChI=1S/C46H47ClN10O6S/c1-24-19-31(20-25(2)41(24)54-53-34-10-8-9-32-33(34)22-56(45(32)62)36-15-16-37(58)51-44(36)61)63-23-39(60)49-18-7-6-17-48-38(59)21-35-43-55-52-28(5)57(43)46-40(26(3)27(4)64-46)42(50-35)29-11-13-30(47)14-12-29/h8-14,19-20,35-36H,6-7,15-18,21-23H2,1-5H3,(H,48,59)(H,49,60)(H,51,58,61). The number of carbonyl (C=O) groups excluding carboxylic acids is 5. The zero-order chi connectivity index (χ0) is 45.2. The Morgan fingerprint density at radius 2 is 1.66 bits per heavy atom. The minimum absolute atomic E-state index is 0.0864. The van der Waals surface area contributed by atoms with Crippen LogP contribution in [0.5, 0.6) is 5.75 Å². The van der Waals surface area contributed by atoms with E-state index < -0.39 is 18.0 Å². The number of nitrogens with zero attached hydrogens (tertiary/aromatic N) is 7. The molecule has 16 nitrogen and oxygen atoms in total. The monoisotopic (exact) mass is 902 g/mol. The number of unbranched alkanes of at least 4 members (excludes halogenated alkanes) is 1. The van der Waals surface area contributed by atoms with Gasteiger partial charge in [0.05, 0.1) is 23.5 Å². The summed E-state index contributed by atoms with van der Waals surface area (Å²) in [6, 6.07) is 15.0. The van der Waals surface area contributed by atoms with Gasteiger partial charge in [-0.25, -0.2) is 0 Å². The molecule has 2 aromatic heterocycles. The summed E-state index contributed by atoms with van der Waals surface area (Å²) in [5, 5.41) is 27.7. The number of azo groups is 1. The quantitative estimate of drug-likeness (QED) is 0.0596. The average molecular weight is 903 g/mol. The Balaban J connectivity index is 0.803. The van der Waals surface area contributed by atoms with Gasteiger partial charge in [0.15, 0.2) is 12.4 Å². The van der Waals surface area contributed by atoms with Crippen molar-refractivity contribution in [2.75, 3.05) is 19.7 Å². The largest absolute Gasteiger partial charge is 0.484 e. The molecule has 8 rings (SSSR count). The summed E-state index contributed by atoms with van der Waals surface area (Å²) in [6.45, 7) is 10.7. The van der Waals surface area contributed by atoms with Crippen LogP contribution in [0.25, 0.3) is 5.00 Å². The van der Waals surface area contributed by atoms with Gasteiger partial charge in [0.25, 0.3) is 11.8 Å². The summed E-state index contributed by atoms with van der Waals surface area (Å²) in [5.74, 6) is 0.310. The van der Waals surface area contributed by atoms with E-state index in [9.17, 15) is 24.0 Å². The molecule has 1 saturated heterocycles. The van der Waals surface area contributed by atoms with Crippen LogP contribution in [0.4, 0.5) is 11.4 Å². The first-order chi connectivity index (χ1) is 30.8. The molecule has 3 aromatic carbocycles. The van der Waals surface area contributed by atoms with Gasteiger partial charge in [-0.15, -0.1) is 26.6 Å². The highest BCUT2D eigenvalue weighted by molar-refractivity contribution is 7.15. The van der Waals surface area contributed by atoms with Gasteiger partial charge in [0.2, 0.25) is 17.7 Å². The minimum atomic E-state index is -0.725. The van der Waals surface area contributed by atoms with Gasteiger partial charge >= 0.3 is 0 Å². The maximum atomic E-state index is 13.3. The minimum Gasteiger partial charge on any atom is -0.484 e. The molecule has 1 fully saturated rings. The molecule has 0 saturated carbocycles. The number of carbonyl (C=O) groups is 5. The van der Waals surface area contributed by atoms with Crippen LogP contribution >= 0.6 is 22.9 Å². The summed E-state index contributed by atoms with van der Waals surface area (Å²) in [5.41, 5.74) is 7.63. The van der Waals surface area contributed by atoms with Gasteiger partial charge in [-0.2, -0.15) is 5.11 Å². The molecule has 5 aromatic rings. The fourth-order valence-electron chi connectivity index (χ4n) is 8.21. The highest BCUT2D eigenvalue weighted by Gasteiger charge is 2.40. The van der Waals surface area contributed by atoms with Crippen LogP contribution in [-0.2, 0) is 25.7 Å². The molecule has 2 unspecified atom stereocenters. The number of halogens is 1. The van der Waals surface area contributed by atoms with E-state index in [1.807, 2.05) is 49.6 Å². The van der Waals surface area contributed by atoms with Crippen LogP contribution in [0.15, 0.2) is 69.8 Å². The number of fused-ring (bicyclic) bond motifs is 4. The lowest BCUT2D eigenvalue weighted by Gasteiger charge is -2.29. The van der Waals surface area contributed by atoms with Crippen molar-refractivity contribution in [3.8, 4) is 10.8 Å². The molecule has 3 aliphatic heterocycles. The Labute approximate surface area is 378 Å². The number of nitrogens with one attached hydrogen (secondary N) is 3. The lowest BCUT2D eigenvalue weighted by molar-refractivity contribution is -0.137. The Bertz CT molecular complexity index is 2740. The van der Waals surface area contributed by atoms with Gasteiger partial charge in [-0.1, -0.05) is 29.8 Å². The molecular formula is C46H47ClN10O6S. The lowest BCUT2D eigenvalue weighted by Crippen LogP contribution is -2.52. The third-order valence-electron chi connectivity index (χ3n) is 11.6. The zero-order valence-electron chi connectivity index (χ0n) is 36.1. The number of amides is 5. The predicted octanol–water partition coefficient (Wildman–Crippen LogP) is 7.07. The highest BCUT2D eigenvalue weighted by Crippen LogP contribution is 2.40. The average Bonchev–Trinajstić information content (AvgIpc) is 3.88. The fourth-order valence-corrected chi connectivity index (χ4v) is 9.55. The van der Waals surface area contributed by atoms with E-state index in [1.54, 1.807) is 41.7 Å². The molecule has 3 N–H and O–H groups in total. The molecule has 330 valence electrons. The van der Waals surface area contributed by atoms with Crippen molar-refractivity contribution in [2.24, 2.45) is 15.2 Å². The van der Waals surface area contributed by atoms with Crippen LogP contribution in [0.1, 0.15) is 98.4 Å². The maximum Gasteiger partial charge on any atom is 0.257 e. The van der Waals surface area contributed by atoms with E-state index in [1.165, 1.54) is 9.78 Å². The van der Waals surface area contributed by atoms with Crippen LogP contribution < -0.4 is 20.7 Å². The molecule has 0 radical (unpaired) electrons. The van der Waals surface area contributed by atoms with Gasteiger partial charge in [0.1, 0.15) is 28.7 Å². The van der Waals surface area contributed by atoms with Crippen LogP contribution in [-0.4, -0.2) is 80.7 Å². The summed E-state index contributed by atoms with van der Waals surface area (Å²) in [7, 11) is 0. The molecule has 18 heteroatoms. The van der Waals surface area contributed by atoms with Crippen molar-refractivity contribution in [2.45, 2.75) is 85.4 Å². The number of imide groups is 1. The van der Waals surface area contributed by atoms with Crippen LogP contribution in [0, 0.1) is 34.6 Å². The highest BCUT2D eigenvalue weighted by atomic mass is 35.5. The van der Waals surface area contributed by atoms with E-state index in [-0.39, 0.29) is 56.0 Å². The van der Waals surface area contributed by atoms with E-state index in [0.29, 0.717) is 65.0 Å². The second-order valence-corrected chi connectivity index (χ2v) is 17.8. The summed E-state index contributed by atoms with van der Waals surface area (Å²) >= 11 is 7.89. The lowest BCUT2D eigenvalue weighted by atomic mass is 9.99. The van der Waals surface area contributed by atoms with Gasteiger partial charge in [0, 0.05) is 58.2 Å². The summed E-state index contributed by atoms with van der Waals surface area (Å²) < 4.78 is 7.84. The first kappa shape index (κ1) is 44.0. The molecule has 0 aliphatic carbocycles. The molecular weight excluding hydrogens is 856 g/mol. The topological polar surface area (TPSA) is 202 Å². The number of ether oxygens (including phenoxy) is 1. The molecule has 64 heavy (non-hydrogen) atoms. The van der Waals surface area contributed by atoms with Crippen molar-refractivity contribution in [3.05, 3.63) is 115 Å². The number of thiophene rings is 1. The number of rotatable bonds is 14. The third-order valence-corrected chi connectivity index (χ3v) is 13.1. The summed E-state index contributed by atoms with van der Waals surface area (Å²) in [6.07, 6.45) is 1.83. The van der Waals surface area contributed by atoms with Crippen molar-refractivity contribution in [1.82, 2.24) is 35.6 Å². The third kappa shape index (κ3) is 9.08. The molecule has 0 spiro atoms. The first-order valence-corrected chi connectivity index (χ1v) is 22.3. The number of aryl methyl sites for hydroxylation is 4. The van der Waals surface area contributed by atoms with Crippen molar-refractivity contribution in [3.63, 3.8) is 0 Å². The number of aromatic nitrogens is 3. The second kappa shape index (κ2) is 18.6. The maximum absolute atomic E-state index is 13.3. The first-order valence-electron chi connectivity index (χ1n) is 21.1. The number of aliphatic imine (C=N–C) groups is 1. The zero-order valence-corrected chi connectivity index (χ0v) is 37.7. The van der Waals surface area contributed by atoms with Crippen molar-refractivity contribution in [1.29, 1.82) is 0 Å². The molecule has 5 heterocycles. The SMILES string of the molecule is Cc1cc(OCC(=O)NCCCCNC(=O)CC2N=C(c3ccc(Cl)cc3)c3c(sc(C)c3C)-n3c(C)nnc32)cc(C)c1N=Nc1cccc2c1CN(C1CCC(=O)NC1=O)C2=O. The molecule has 5 amide bonds. The van der Waals surface area contributed by atoms with Crippen molar-refractivity contribution >= 4 is 69.6 Å². The Morgan fingerprint density at radius 3 is 2.38 bits per heavy atom. The second-order valence-electron chi connectivity index (χ2n) is 16.1. The van der Waals surface area contributed by atoms with E-state index in [0.717, 1.165) is 44.4 Å². The van der Waals surface area contributed by atoms with Crippen LogP contribution in [0.3, 0.4) is 0 Å². The number of piperidine rings is 1. The fraction of sp³-hybridized carbons (Fsp3) is 0.348. The smallest absolute Gasteiger partial charge is 0.257 e. The number of hydrogen-bond acceptors (Lipinski definition) is 12. The van der Waals surface area contributed by atoms with E-state index in [2.05, 4.69) is 50.2 Å². The van der Waals surface area contributed by atoms with E-state index in [4.69, 9.17) is 21.3 Å². The summed E-state index contributed by atoms with van der Waals surface area (Å²) in [4.78, 5) is 71.2. The molecule has 2 atom stereocenters. The molecule has 0 bridgehead atoms. The van der Waals surface area contributed by atoms with E-state index >= 15 is 0 Å². The van der Waals surface area contributed by atoms with Gasteiger partial charge < -0.3 is 20.3 Å². The number of benzene rings is 3.